The molecule has 0 aliphatic carbocycles. The predicted octanol–water partition coefficient (Wildman–Crippen LogP) is 0.310. The highest BCUT2D eigenvalue weighted by atomic mass is 32.3. The van der Waals surface area contributed by atoms with Gasteiger partial charge in [0, 0.05) is 26.0 Å². The number of rotatable bonds is 2. The number of pyridine rings is 2. The van der Waals surface area contributed by atoms with Gasteiger partial charge >= 0.3 is 0 Å². The van der Waals surface area contributed by atoms with Crippen LogP contribution in [0.3, 0.4) is 0 Å². The van der Waals surface area contributed by atoms with E-state index in [0.717, 1.165) is 25.5 Å². The summed E-state index contributed by atoms with van der Waals surface area (Å²) in [4.78, 5) is 6.30. The molecule has 0 aliphatic heterocycles. The summed E-state index contributed by atoms with van der Waals surface area (Å²) in [7, 11) is -7.21. The molecule has 14 heteroatoms. The van der Waals surface area contributed by atoms with Gasteiger partial charge in [0.05, 0.1) is 26.6 Å². The van der Waals surface area contributed by atoms with Crippen LogP contribution in [0.25, 0.3) is 11.3 Å². The standard InChI is InChI=1S/2C8H8N2.2CH4O4S/c2*1-7-6-9-8-4-2-3-5-10(7)8;2*1-5-6(2,3)4/h2*2-6H,1H3;2*1H3,(H,2,3,4). The van der Waals surface area contributed by atoms with Crippen molar-refractivity contribution in [2.75, 3.05) is 14.2 Å². The second kappa shape index (κ2) is 12.2. The molecule has 0 saturated carbocycles. The summed E-state index contributed by atoms with van der Waals surface area (Å²) < 4.78 is 66.3. The van der Waals surface area contributed by atoms with Gasteiger partial charge in [0.25, 0.3) is 11.3 Å². The Labute approximate surface area is 186 Å². The maximum Gasteiger partial charge on any atom is 0.284 e. The summed E-state index contributed by atoms with van der Waals surface area (Å²) in [6.45, 7) is 4.15. The topological polar surface area (TPSA) is 173 Å². The normalized spacial score (nSPS) is 10.9. The second-order valence-electron chi connectivity index (χ2n) is 5.92. The highest BCUT2D eigenvalue weighted by molar-refractivity contribution is 7.81. The molecule has 0 unspecified atom stereocenters. The highest BCUT2D eigenvalue weighted by Crippen LogP contribution is 1.94. The first kappa shape index (κ1) is 27.2. The number of H-pyrrole nitrogens is 2. The number of aryl methyl sites for hydroxylation is 2. The maximum atomic E-state index is 9.22. The smallest absolute Gasteiger partial charge is 0.284 e. The molecular weight excluding hydrogens is 464 g/mol. The Morgan fingerprint density at radius 3 is 1.28 bits per heavy atom. The van der Waals surface area contributed by atoms with Gasteiger partial charge in [-0.2, -0.15) is 0 Å². The summed E-state index contributed by atoms with van der Waals surface area (Å²) in [5, 5.41) is 0. The fourth-order valence-electron chi connectivity index (χ4n) is 2.23. The molecule has 0 aromatic carbocycles. The summed E-state index contributed by atoms with van der Waals surface area (Å²) in [5.74, 6) is 0. The lowest BCUT2D eigenvalue weighted by Crippen LogP contribution is -2.20. The Hall–Kier alpha value is -2.88. The Bertz CT molecular complexity index is 1230. The molecule has 0 radical (unpaired) electrons. The van der Waals surface area contributed by atoms with Crippen molar-refractivity contribution in [1.29, 1.82) is 0 Å². The van der Waals surface area contributed by atoms with E-state index in [-0.39, 0.29) is 0 Å². The molecule has 0 saturated heterocycles. The van der Waals surface area contributed by atoms with Crippen molar-refractivity contribution in [2.24, 2.45) is 0 Å². The van der Waals surface area contributed by atoms with E-state index in [1.807, 2.05) is 61.2 Å². The number of nitrogens with zero attached hydrogens (tertiary/aromatic N) is 2. The average Bonchev–Trinajstić information content (AvgIpc) is 3.32. The van der Waals surface area contributed by atoms with Crippen molar-refractivity contribution in [1.82, 2.24) is 9.97 Å². The molecule has 12 nitrogen and oxygen atoms in total. The van der Waals surface area contributed by atoms with Gasteiger partial charge in [-0.1, -0.05) is 12.1 Å². The quantitative estimate of drug-likeness (QED) is 0.230. The van der Waals surface area contributed by atoms with E-state index in [1.54, 1.807) is 0 Å². The van der Waals surface area contributed by atoms with Gasteiger partial charge in [-0.15, -0.1) is 0 Å². The first-order valence-electron chi connectivity index (χ1n) is 8.79. The van der Waals surface area contributed by atoms with Gasteiger partial charge in [-0.3, -0.25) is 8.37 Å². The molecule has 32 heavy (non-hydrogen) atoms. The van der Waals surface area contributed by atoms with E-state index in [9.17, 15) is 25.9 Å². The van der Waals surface area contributed by atoms with E-state index in [0.29, 0.717) is 0 Å². The minimum Gasteiger partial charge on any atom is -0.726 e. The van der Waals surface area contributed by atoms with Crippen molar-refractivity contribution in [2.45, 2.75) is 13.8 Å². The van der Waals surface area contributed by atoms with Crippen molar-refractivity contribution in [3.63, 3.8) is 0 Å². The summed E-state index contributed by atoms with van der Waals surface area (Å²) in [5.41, 5.74) is 4.74. The van der Waals surface area contributed by atoms with Gasteiger partial charge in [-0.05, 0) is 12.1 Å². The fraction of sp³-hybridized carbons (Fsp3) is 0.222. The molecule has 2 N–H and O–H groups in total. The third kappa shape index (κ3) is 9.95. The van der Waals surface area contributed by atoms with Crippen LogP contribution in [0.4, 0.5) is 0 Å². The molecule has 176 valence electrons. The molecule has 4 aromatic rings. The predicted molar refractivity (Wildman–Crippen MR) is 111 cm³/mol. The fourth-order valence-corrected chi connectivity index (χ4v) is 2.23. The summed E-state index contributed by atoms with van der Waals surface area (Å²) in [6, 6.07) is 12.2. The molecule has 0 spiro atoms. The van der Waals surface area contributed by atoms with Crippen molar-refractivity contribution < 1.29 is 43.1 Å². The van der Waals surface area contributed by atoms with Crippen molar-refractivity contribution >= 4 is 32.1 Å². The van der Waals surface area contributed by atoms with Crippen LogP contribution >= 0.6 is 0 Å². The second-order valence-corrected chi connectivity index (χ2v) is 8.22. The summed E-state index contributed by atoms with van der Waals surface area (Å²) in [6.07, 6.45) is 8.08. The molecule has 4 heterocycles. The van der Waals surface area contributed by atoms with Crippen LogP contribution in [-0.4, -0.2) is 50.1 Å². The number of aromatic amines is 2. The van der Waals surface area contributed by atoms with Crippen LogP contribution in [0.15, 0.2) is 61.2 Å². The zero-order valence-electron chi connectivity index (χ0n) is 17.8. The highest BCUT2D eigenvalue weighted by Gasteiger charge is 2.02. The molecular formula is C18H24N4O8S2. The third-order valence-corrected chi connectivity index (χ3v) is 4.56. The van der Waals surface area contributed by atoms with E-state index < -0.39 is 20.8 Å². The van der Waals surface area contributed by atoms with Crippen molar-refractivity contribution in [3.05, 3.63) is 72.6 Å². The molecule has 0 bridgehead atoms. The number of imidazole rings is 2. The Morgan fingerprint density at radius 2 is 1.03 bits per heavy atom. The van der Waals surface area contributed by atoms with Gasteiger partial charge in [-0.25, -0.2) is 35.6 Å². The molecule has 4 rings (SSSR count). The van der Waals surface area contributed by atoms with E-state index in [4.69, 9.17) is 0 Å². The van der Waals surface area contributed by atoms with Gasteiger partial charge in [0.1, 0.15) is 23.8 Å². The first-order chi connectivity index (χ1) is 14.9. The lowest BCUT2D eigenvalue weighted by atomic mass is 10.4. The van der Waals surface area contributed by atoms with Crippen molar-refractivity contribution in [3.8, 4) is 0 Å². The van der Waals surface area contributed by atoms with Crippen LogP contribution in [0, 0.1) is 13.8 Å². The van der Waals surface area contributed by atoms with E-state index in [1.165, 1.54) is 11.4 Å². The van der Waals surface area contributed by atoms with Gasteiger partial charge in [0.15, 0.2) is 0 Å². The third-order valence-electron chi connectivity index (χ3n) is 3.75. The number of fused-ring (bicyclic) bond motifs is 2. The molecule has 4 aromatic heterocycles. The van der Waals surface area contributed by atoms with Crippen LogP contribution < -0.4 is 8.80 Å². The van der Waals surface area contributed by atoms with Crippen LogP contribution in [0.1, 0.15) is 11.4 Å². The van der Waals surface area contributed by atoms with E-state index >= 15 is 0 Å². The number of aromatic nitrogens is 4. The Morgan fingerprint density at radius 1 is 0.719 bits per heavy atom. The largest absolute Gasteiger partial charge is 0.726 e. The Balaban J connectivity index is 0.000000222. The average molecular weight is 489 g/mol. The van der Waals surface area contributed by atoms with E-state index in [2.05, 4.69) is 41.0 Å². The Kier molecular flexibility index (Phi) is 10.4. The maximum absolute atomic E-state index is 9.22. The van der Waals surface area contributed by atoms with Crippen LogP contribution in [0.2, 0.25) is 0 Å². The minimum absolute atomic E-state index is 0.808. The number of hydrogen-bond acceptors (Lipinski definition) is 8. The lowest BCUT2D eigenvalue weighted by Gasteiger charge is -1.98. The molecule has 0 aliphatic rings. The van der Waals surface area contributed by atoms with Crippen LogP contribution in [-0.2, 0) is 29.2 Å². The number of nitrogens with one attached hydrogen (secondary N) is 2. The molecule has 0 atom stereocenters. The lowest BCUT2D eigenvalue weighted by molar-refractivity contribution is -0.517. The first-order valence-corrected chi connectivity index (χ1v) is 11.5. The summed E-state index contributed by atoms with van der Waals surface area (Å²) >= 11 is 0. The van der Waals surface area contributed by atoms with Crippen LogP contribution in [0.5, 0.6) is 0 Å². The molecule has 0 amide bonds. The minimum atomic E-state index is -4.41. The molecule has 0 fully saturated rings. The SMILES string of the molecule is COS(=O)(=O)[O-].COS(=O)(=O)[O-].Cc1c[nH]c2cccc[n+]12.Cc1c[nH]c2cccc[n+]12. The zero-order chi connectivity index (χ0) is 24.4. The monoisotopic (exact) mass is 488 g/mol. The zero-order valence-corrected chi connectivity index (χ0v) is 19.4. The van der Waals surface area contributed by atoms with Gasteiger partial charge < -0.3 is 9.11 Å². The van der Waals surface area contributed by atoms with Gasteiger partial charge in [0.2, 0.25) is 20.8 Å². The number of hydrogen-bond donors (Lipinski definition) is 2.